The van der Waals surface area contributed by atoms with Crippen LogP contribution in [-0.2, 0) is 0 Å². The minimum Gasteiger partial charge on any atom is -0.322 e. The van der Waals surface area contributed by atoms with Crippen LogP contribution in [0.2, 0.25) is 0 Å². The van der Waals surface area contributed by atoms with Crippen LogP contribution in [-0.4, -0.2) is 35.5 Å². The zero-order chi connectivity index (χ0) is 10.5. The van der Waals surface area contributed by atoms with E-state index in [4.69, 9.17) is 0 Å². The van der Waals surface area contributed by atoms with E-state index in [1.165, 1.54) is 0 Å². The number of amides is 1. The van der Waals surface area contributed by atoms with Gasteiger partial charge in [-0.2, -0.15) is 0 Å². The molecule has 0 spiro atoms. The zero-order valence-corrected chi connectivity index (χ0v) is 11.2. The van der Waals surface area contributed by atoms with Crippen LogP contribution in [0.3, 0.4) is 0 Å². The van der Waals surface area contributed by atoms with E-state index in [0.29, 0.717) is 5.56 Å². The second-order valence-electron chi connectivity index (χ2n) is 3.19. The molecule has 0 bridgehead atoms. The van der Waals surface area contributed by atoms with Gasteiger partial charge in [0.2, 0.25) is 0 Å². The molecule has 0 saturated carbocycles. The van der Waals surface area contributed by atoms with Gasteiger partial charge in [0.1, 0.15) is 0 Å². The van der Waals surface area contributed by atoms with Gasteiger partial charge in [0, 0.05) is 40.8 Å². The van der Waals surface area contributed by atoms with Crippen LogP contribution >= 0.6 is 0 Å². The van der Waals surface area contributed by atoms with Crippen molar-refractivity contribution >= 4 is 41.2 Å². The Morgan fingerprint density at radius 1 is 0.812 bits per heavy atom. The molecule has 2 aromatic rings. The summed E-state index contributed by atoms with van der Waals surface area (Å²) >= 11 is 0. The van der Waals surface area contributed by atoms with Crippen LogP contribution in [0.1, 0.15) is 10.4 Å². The topological polar surface area (TPSA) is 29.1 Å². The summed E-state index contributed by atoms with van der Waals surface area (Å²) in [4.78, 5) is 11.7. The maximum Gasteiger partial charge on any atom is 0.255 e. The van der Waals surface area contributed by atoms with Crippen LogP contribution in [0.15, 0.2) is 60.7 Å². The van der Waals surface area contributed by atoms with Gasteiger partial charge < -0.3 is 5.32 Å². The zero-order valence-electron chi connectivity index (χ0n) is 9.18. The first kappa shape index (κ1) is 13.0. The van der Waals surface area contributed by atoms with Crippen LogP contribution in [0.5, 0.6) is 0 Å². The van der Waals surface area contributed by atoms with Crippen molar-refractivity contribution in [2.75, 3.05) is 5.32 Å². The van der Waals surface area contributed by atoms with E-state index in [1.54, 1.807) is 12.1 Å². The predicted molar refractivity (Wildman–Crippen MR) is 66.6 cm³/mol. The molecule has 0 aliphatic heterocycles. The fraction of sp³-hybridized carbons (Fsp3) is 0. The van der Waals surface area contributed by atoms with Gasteiger partial charge in [0.25, 0.3) is 5.91 Å². The number of nitrogens with one attached hydrogen (secondary N) is 1. The molecule has 1 radical (unpaired) electrons. The number of hydrogen-bond acceptors (Lipinski definition) is 1. The molecule has 75 valence electrons. The third-order valence-electron chi connectivity index (χ3n) is 2.07. The molecule has 1 amide bonds. The Kier molecular flexibility index (Phi) is 5.26. The first-order valence-electron chi connectivity index (χ1n) is 4.78. The predicted octanol–water partition coefficient (Wildman–Crippen LogP) is 2.56. The van der Waals surface area contributed by atoms with Gasteiger partial charge in [-0.1, -0.05) is 36.4 Å². The number of para-hydroxylation sites is 1. The molecule has 0 aliphatic carbocycles. The minimum absolute atomic E-state index is 0. The molecule has 0 unspecified atom stereocenters. The van der Waals surface area contributed by atoms with E-state index in [0.717, 1.165) is 5.69 Å². The second kappa shape index (κ2) is 6.48. The smallest absolute Gasteiger partial charge is 0.255 e. The van der Waals surface area contributed by atoms with Crippen LogP contribution in [0, 0.1) is 0 Å². The van der Waals surface area contributed by atoms with Crippen molar-refractivity contribution in [1.29, 1.82) is 0 Å². The van der Waals surface area contributed by atoms with Crippen molar-refractivity contribution in [1.82, 2.24) is 0 Å². The number of hydrogen-bond donors (Lipinski definition) is 1. The summed E-state index contributed by atoms with van der Waals surface area (Å²) in [6.45, 7) is 0. The van der Waals surface area contributed by atoms with Crippen LogP contribution < -0.4 is 5.32 Å². The van der Waals surface area contributed by atoms with Crippen LogP contribution in [0.4, 0.5) is 5.69 Å². The Bertz CT molecular complexity index is 442. The maximum absolute atomic E-state index is 11.7. The summed E-state index contributed by atoms with van der Waals surface area (Å²) in [5.74, 6) is -0.0817. The molecule has 0 atom stereocenters. The van der Waals surface area contributed by atoms with Gasteiger partial charge in [-0.3, -0.25) is 4.79 Å². The van der Waals surface area contributed by atoms with E-state index in [9.17, 15) is 4.79 Å². The SMILES string of the molecule is O=C(Nc1ccccc1)c1ccccc1.[Na]. The number of anilines is 1. The summed E-state index contributed by atoms with van der Waals surface area (Å²) in [6, 6.07) is 18.6. The average Bonchev–Trinajstić information content (AvgIpc) is 2.31. The fourth-order valence-electron chi connectivity index (χ4n) is 1.31. The Morgan fingerprint density at radius 2 is 1.31 bits per heavy atom. The van der Waals surface area contributed by atoms with Gasteiger partial charge in [0.15, 0.2) is 0 Å². The molecule has 2 aromatic carbocycles. The second-order valence-corrected chi connectivity index (χ2v) is 3.19. The first-order valence-corrected chi connectivity index (χ1v) is 4.78. The van der Waals surface area contributed by atoms with E-state index in [1.807, 2.05) is 48.5 Å². The minimum atomic E-state index is -0.0817. The average molecular weight is 220 g/mol. The quantitative estimate of drug-likeness (QED) is 0.774. The molecule has 0 aromatic heterocycles. The molecule has 0 saturated heterocycles. The largest absolute Gasteiger partial charge is 0.322 e. The molecule has 16 heavy (non-hydrogen) atoms. The van der Waals surface area contributed by atoms with Crippen molar-refractivity contribution in [3.8, 4) is 0 Å². The van der Waals surface area contributed by atoms with Crippen molar-refractivity contribution < 1.29 is 4.79 Å². The summed E-state index contributed by atoms with van der Waals surface area (Å²) in [6.07, 6.45) is 0. The van der Waals surface area contributed by atoms with Gasteiger partial charge >= 0.3 is 0 Å². The van der Waals surface area contributed by atoms with Gasteiger partial charge in [-0.15, -0.1) is 0 Å². The van der Waals surface area contributed by atoms with Crippen molar-refractivity contribution in [3.05, 3.63) is 66.2 Å². The molecule has 0 fully saturated rings. The van der Waals surface area contributed by atoms with Crippen molar-refractivity contribution in [2.24, 2.45) is 0 Å². The summed E-state index contributed by atoms with van der Waals surface area (Å²) < 4.78 is 0. The van der Waals surface area contributed by atoms with E-state index in [2.05, 4.69) is 5.32 Å². The van der Waals surface area contributed by atoms with E-state index in [-0.39, 0.29) is 35.5 Å². The Hall–Kier alpha value is -1.09. The van der Waals surface area contributed by atoms with Crippen molar-refractivity contribution in [2.45, 2.75) is 0 Å². The summed E-state index contributed by atoms with van der Waals surface area (Å²) in [5, 5.41) is 2.82. The number of carbonyl (C=O) groups is 1. The standard InChI is InChI=1S/C13H11NO.Na/c15-13(11-7-3-1-4-8-11)14-12-9-5-2-6-10-12;/h1-10H,(H,14,15);. The number of benzene rings is 2. The molecular weight excluding hydrogens is 209 g/mol. The molecule has 2 rings (SSSR count). The number of rotatable bonds is 2. The van der Waals surface area contributed by atoms with Gasteiger partial charge in [-0.05, 0) is 24.3 Å². The van der Waals surface area contributed by atoms with Crippen LogP contribution in [0.25, 0.3) is 0 Å². The Morgan fingerprint density at radius 3 is 1.88 bits per heavy atom. The Balaban J connectivity index is 0.00000128. The first-order chi connectivity index (χ1) is 7.36. The third kappa shape index (κ3) is 3.49. The number of carbonyl (C=O) groups excluding carboxylic acids is 1. The molecule has 0 heterocycles. The van der Waals surface area contributed by atoms with E-state index < -0.39 is 0 Å². The fourth-order valence-corrected chi connectivity index (χ4v) is 1.31. The Labute approximate surface area is 117 Å². The third-order valence-corrected chi connectivity index (χ3v) is 2.07. The van der Waals surface area contributed by atoms with E-state index >= 15 is 0 Å². The molecule has 3 heteroatoms. The normalized spacial score (nSPS) is 9.00. The molecule has 1 N–H and O–H groups in total. The van der Waals surface area contributed by atoms with Gasteiger partial charge in [-0.25, -0.2) is 0 Å². The van der Waals surface area contributed by atoms with Crippen molar-refractivity contribution in [3.63, 3.8) is 0 Å². The van der Waals surface area contributed by atoms with Gasteiger partial charge in [0.05, 0.1) is 0 Å². The summed E-state index contributed by atoms with van der Waals surface area (Å²) in [7, 11) is 0. The monoisotopic (exact) mass is 220 g/mol. The molecular formula is C13H11NNaO. The molecule has 0 aliphatic rings. The maximum atomic E-state index is 11.7. The molecule has 2 nitrogen and oxygen atoms in total. The summed E-state index contributed by atoms with van der Waals surface area (Å²) in [5.41, 5.74) is 1.48.